The van der Waals surface area contributed by atoms with Crippen LogP contribution in [0.4, 0.5) is 0 Å². The van der Waals surface area contributed by atoms with Gasteiger partial charge in [0.2, 0.25) is 5.88 Å². The summed E-state index contributed by atoms with van der Waals surface area (Å²) in [4.78, 5) is 8.62. The van der Waals surface area contributed by atoms with Crippen LogP contribution in [-0.2, 0) is 0 Å². The van der Waals surface area contributed by atoms with E-state index >= 15 is 0 Å². The predicted octanol–water partition coefficient (Wildman–Crippen LogP) is 3.92. The largest absolute Gasteiger partial charge is 0.493 e. The zero-order valence-electron chi connectivity index (χ0n) is 13.9. The molecular formula is C19H16N4O2. The molecule has 0 aliphatic carbocycles. The Labute approximate surface area is 144 Å². The number of benzene rings is 2. The maximum atomic E-state index is 5.95. The monoisotopic (exact) mass is 332 g/mol. The van der Waals surface area contributed by atoms with Gasteiger partial charge in [0.1, 0.15) is 11.7 Å². The number of aromatic nitrogens is 4. The second-order valence-electron chi connectivity index (χ2n) is 5.56. The third-order valence-electron chi connectivity index (χ3n) is 3.88. The average Bonchev–Trinajstić information content (AvgIpc) is 3.08. The number of aryl methyl sites for hydroxylation is 1. The minimum absolute atomic E-state index is 0.438. The first-order valence-electron chi connectivity index (χ1n) is 7.83. The van der Waals surface area contributed by atoms with Gasteiger partial charge in [-0.05, 0) is 31.2 Å². The highest BCUT2D eigenvalue weighted by atomic mass is 16.5. The van der Waals surface area contributed by atoms with Crippen LogP contribution in [0.25, 0.3) is 16.7 Å². The molecule has 0 amide bonds. The van der Waals surface area contributed by atoms with Crippen LogP contribution < -0.4 is 9.47 Å². The Morgan fingerprint density at radius 1 is 0.920 bits per heavy atom. The van der Waals surface area contributed by atoms with Crippen LogP contribution in [-0.4, -0.2) is 26.9 Å². The summed E-state index contributed by atoms with van der Waals surface area (Å²) in [5.41, 5.74) is 2.81. The zero-order chi connectivity index (χ0) is 17.2. The Balaban J connectivity index is 1.78. The first-order chi connectivity index (χ1) is 12.3. The van der Waals surface area contributed by atoms with Gasteiger partial charge in [-0.25, -0.2) is 14.6 Å². The van der Waals surface area contributed by atoms with Gasteiger partial charge in [0.25, 0.3) is 0 Å². The van der Waals surface area contributed by atoms with Gasteiger partial charge in [-0.15, -0.1) is 0 Å². The van der Waals surface area contributed by atoms with Crippen LogP contribution in [0.1, 0.15) is 5.56 Å². The third kappa shape index (κ3) is 2.78. The van der Waals surface area contributed by atoms with Crippen molar-refractivity contribution in [3.8, 4) is 23.1 Å². The summed E-state index contributed by atoms with van der Waals surface area (Å²) in [6, 6.07) is 15.5. The molecule has 0 unspecified atom stereocenters. The lowest BCUT2D eigenvalue weighted by Crippen LogP contribution is -1.98. The number of para-hydroxylation sites is 2. The van der Waals surface area contributed by atoms with E-state index in [0.29, 0.717) is 23.0 Å². The van der Waals surface area contributed by atoms with Gasteiger partial charge in [0.15, 0.2) is 17.1 Å². The van der Waals surface area contributed by atoms with Crippen molar-refractivity contribution in [3.63, 3.8) is 0 Å². The molecule has 2 aromatic heterocycles. The van der Waals surface area contributed by atoms with E-state index < -0.39 is 0 Å². The molecule has 0 spiro atoms. The van der Waals surface area contributed by atoms with Gasteiger partial charge in [-0.3, -0.25) is 0 Å². The molecule has 0 aliphatic heterocycles. The minimum atomic E-state index is 0.438. The Hall–Kier alpha value is -3.41. The SMILES string of the molecule is COc1ccccc1Oc1ncnc2c1cnn2-c1ccc(C)cc1. The second-order valence-corrected chi connectivity index (χ2v) is 5.56. The van der Waals surface area contributed by atoms with Gasteiger partial charge in [-0.1, -0.05) is 29.8 Å². The molecule has 4 rings (SSSR count). The molecular weight excluding hydrogens is 316 g/mol. The first-order valence-corrected chi connectivity index (χ1v) is 7.83. The molecule has 0 bridgehead atoms. The fourth-order valence-electron chi connectivity index (χ4n) is 2.59. The van der Waals surface area contributed by atoms with E-state index in [9.17, 15) is 0 Å². The number of rotatable bonds is 4. The van der Waals surface area contributed by atoms with Crippen LogP contribution in [0.5, 0.6) is 17.4 Å². The lowest BCUT2D eigenvalue weighted by molar-refractivity contribution is 0.375. The lowest BCUT2D eigenvalue weighted by atomic mass is 10.2. The molecule has 0 aliphatic rings. The van der Waals surface area contributed by atoms with E-state index in [1.54, 1.807) is 18.0 Å². The molecule has 0 atom stereocenters. The van der Waals surface area contributed by atoms with Crippen LogP contribution in [0.2, 0.25) is 0 Å². The van der Waals surface area contributed by atoms with E-state index in [-0.39, 0.29) is 0 Å². The van der Waals surface area contributed by atoms with Gasteiger partial charge in [0.05, 0.1) is 19.0 Å². The molecule has 4 aromatic rings. The zero-order valence-corrected chi connectivity index (χ0v) is 13.9. The molecule has 6 heteroatoms. The molecule has 2 heterocycles. The summed E-state index contributed by atoms with van der Waals surface area (Å²) in [5, 5.41) is 5.17. The standard InChI is InChI=1S/C19H16N4O2/c1-13-7-9-14(10-8-13)23-18-15(11-22-23)19(21-12-20-18)25-17-6-4-3-5-16(17)24-2/h3-12H,1-2H3. The summed E-state index contributed by atoms with van der Waals surface area (Å²) >= 11 is 0. The smallest absolute Gasteiger partial charge is 0.233 e. The maximum absolute atomic E-state index is 5.95. The Morgan fingerprint density at radius 2 is 1.68 bits per heavy atom. The first kappa shape index (κ1) is 15.1. The van der Waals surface area contributed by atoms with E-state index in [1.807, 2.05) is 55.5 Å². The normalized spacial score (nSPS) is 10.8. The Kier molecular flexibility index (Phi) is 3.78. The topological polar surface area (TPSA) is 62.1 Å². The van der Waals surface area contributed by atoms with Crippen LogP contribution in [0.15, 0.2) is 61.1 Å². The van der Waals surface area contributed by atoms with Gasteiger partial charge in [0, 0.05) is 0 Å². The highest BCUT2D eigenvalue weighted by molar-refractivity contribution is 5.81. The summed E-state index contributed by atoms with van der Waals surface area (Å²) in [6.07, 6.45) is 3.18. The predicted molar refractivity (Wildman–Crippen MR) is 94.5 cm³/mol. The van der Waals surface area contributed by atoms with Crippen molar-refractivity contribution in [2.75, 3.05) is 7.11 Å². The number of hydrogen-bond donors (Lipinski definition) is 0. The highest BCUT2D eigenvalue weighted by Crippen LogP contribution is 2.33. The van der Waals surface area contributed by atoms with Crippen molar-refractivity contribution >= 4 is 11.0 Å². The van der Waals surface area contributed by atoms with Crippen molar-refractivity contribution in [1.82, 2.24) is 19.7 Å². The number of fused-ring (bicyclic) bond motifs is 1. The molecule has 0 N–H and O–H groups in total. The van der Waals surface area contributed by atoms with E-state index in [0.717, 1.165) is 11.1 Å². The van der Waals surface area contributed by atoms with E-state index in [1.165, 1.54) is 11.9 Å². The minimum Gasteiger partial charge on any atom is -0.493 e. The van der Waals surface area contributed by atoms with Crippen molar-refractivity contribution in [2.45, 2.75) is 6.92 Å². The van der Waals surface area contributed by atoms with E-state index in [2.05, 4.69) is 15.1 Å². The molecule has 0 radical (unpaired) electrons. The molecule has 0 saturated carbocycles. The third-order valence-corrected chi connectivity index (χ3v) is 3.88. The second kappa shape index (κ2) is 6.24. The quantitative estimate of drug-likeness (QED) is 0.567. The van der Waals surface area contributed by atoms with E-state index in [4.69, 9.17) is 9.47 Å². The number of methoxy groups -OCH3 is 1. The summed E-state index contributed by atoms with van der Waals surface area (Å²) in [7, 11) is 1.60. The number of ether oxygens (including phenoxy) is 2. The van der Waals surface area contributed by atoms with Gasteiger partial charge in [-0.2, -0.15) is 5.10 Å². The van der Waals surface area contributed by atoms with Crippen LogP contribution >= 0.6 is 0 Å². The van der Waals surface area contributed by atoms with Crippen LogP contribution in [0.3, 0.4) is 0 Å². The lowest BCUT2D eigenvalue weighted by Gasteiger charge is -2.09. The molecule has 124 valence electrons. The number of nitrogens with zero attached hydrogens (tertiary/aromatic N) is 4. The average molecular weight is 332 g/mol. The van der Waals surface area contributed by atoms with Crippen LogP contribution in [0, 0.1) is 6.92 Å². The summed E-state index contributed by atoms with van der Waals surface area (Å²) in [5.74, 6) is 1.67. The number of hydrogen-bond acceptors (Lipinski definition) is 5. The fourth-order valence-corrected chi connectivity index (χ4v) is 2.59. The van der Waals surface area contributed by atoms with Crippen molar-refractivity contribution in [1.29, 1.82) is 0 Å². The molecule has 0 fully saturated rings. The molecule has 2 aromatic carbocycles. The summed E-state index contributed by atoms with van der Waals surface area (Å²) in [6.45, 7) is 2.05. The molecule has 0 saturated heterocycles. The fraction of sp³-hybridized carbons (Fsp3) is 0.105. The highest BCUT2D eigenvalue weighted by Gasteiger charge is 2.14. The van der Waals surface area contributed by atoms with Crippen molar-refractivity contribution < 1.29 is 9.47 Å². The molecule has 6 nitrogen and oxygen atoms in total. The molecule has 25 heavy (non-hydrogen) atoms. The Morgan fingerprint density at radius 3 is 2.44 bits per heavy atom. The Bertz CT molecular complexity index is 1030. The van der Waals surface area contributed by atoms with Gasteiger partial charge >= 0.3 is 0 Å². The maximum Gasteiger partial charge on any atom is 0.233 e. The van der Waals surface area contributed by atoms with Crippen molar-refractivity contribution in [3.05, 3.63) is 66.6 Å². The summed E-state index contributed by atoms with van der Waals surface area (Å²) < 4.78 is 13.0. The van der Waals surface area contributed by atoms with Gasteiger partial charge < -0.3 is 9.47 Å². The van der Waals surface area contributed by atoms with Crippen molar-refractivity contribution in [2.24, 2.45) is 0 Å².